The highest BCUT2D eigenvalue weighted by atomic mass is 32.2. The average molecular weight is 333 g/mol. The number of piperazine rings is 1. The van der Waals surface area contributed by atoms with Crippen LogP contribution in [0.1, 0.15) is 24.1 Å². The summed E-state index contributed by atoms with van der Waals surface area (Å²) in [5.74, 6) is 1.25. The number of benzene rings is 1. The summed E-state index contributed by atoms with van der Waals surface area (Å²) in [6.45, 7) is 4.60. The van der Waals surface area contributed by atoms with Crippen molar-refractivity contribution in [2.75, 3.05) is 37.8 Å². The lowest BCUT2D eigenvalue weighted by Crippen LogP contribution is -2.51. The molecule has 1 aromatic carbocycles. The molecule has 124 valence electrons. The molecule has 0 aliphatic carbocycles. The Kier molecular flexibility index (Phi) is 5.23. The van der Waals surface area contributed by atoms with E-state index in [4.69, 9.17) is 0 Å². The van der Waals surface area contributed by atoms with E-state index in [2.05, 4.69) is 36.5 Å². The molecule has 1 atom stereocenters. The SMILES string of the molecule is CCc1ccc(C2CNCCN2C(=O)CN2CSCC2=O)cc1. The van der Waals surface area contributed by atoms with Crippen LogP contribution in [0.3, 0.4) is 0 Å². The lowest BCUT2D eigenvalue weighted by molar-refractivity contribution is -0.140. The van der Waals surface area contributed by atoms with E-state index in [1.807, 2.05) is 4.90 Å². The Bertz CT molecular complexity index is 576. The minimum absolute atomic E-state index is 0.0481. The highest BCUT2D eigenvalue weighted by Gasteiger charge is 2.31. The van der Waals surface area contributed by atoms with Gasteiger partial charge in [0.05, 0.1) is 17.7 Å². The van der Waals surface area contributed by atoms with Gasteiger partial charge in [0.25, 0.3) is 0 Å². The van der Waals surface area contributed by atoms with Crippen LogP contribution in [0, 0.1) is 0 Å². The molecular weight excluding hydrogens is 310 g/mol. The van der Waals surface area contributed by atoms with Gasteiger partial charge in [0.2, 0.25) is 11.8 Å². The lowest BCUT2D eigenvalue weighted by Gasteiger charge is -2.37. The Morgan fingerprint density at radius 1 is 1.35 bits per heavy atom. The van der Waals surface area contributed by atoms with Gasteiger partial charge in [-0.3, -0.25) is 9.59 Å². The first-order valence-electron chi connectivity index (χ1n) is 8.13. The number of rotatable bonds is 4. The summed E-state index contributed by atoms with van der Waals surface area (Å²) in [5.41, 5.74) is 2.46. The molecule has 0 saturated carbocycles. The predicted molar refractivity (Wildman–Crippen MR) is 92.2 cm³/mol. The smallest absolute Gasteiger partial charge is 0.242 e. The van der Waals surface area contributed by atoms with Gasteiger partial charge in [-0.15, -0.1) is 11.8 Å². The van der Waals surface area contributed by atoms with Gasteiger partial charge in [0, 0.05) is 19.6 Å². The van der Waals surface area contributed by atoms with Crippen LogP contribution < -0.4 is 5.32 Å². The quantitative estimate of drug-likeness (QED) is 0.901. The molecule has 1 unspecified atom stereocenters. The van der Waals surface area contributed by atoms with Crippen LogP contribution in [-0.4, -0.2) is 59.4 Å². The second kappa shape index (κ2) is 7.36. The van der Waals surface area contributed by atoms with E-state index in [0.717, 1.165) is 25.1 Å². The fraction of sp³-hybridized carbons (Fsp3) is 0.529. The number of nitrogens with zero attached hydrogens (tertiary/aromatic N) is 2. The van der Waals surface area contributed by atoms with E-state index in [0.29, 0.717) is 18.2 Å². The fourth-order valence-electron chi connectivity index (χ4n) is 3.07. The second-order valence-electron chi connectivity index (χ2n) is 5.97. The van der Waals surface area contributed by atoms with Crippen molar-refractivity contribution in [3.05, 3.63) is 35.4 Å². The highest BCUT2D eigenvalue weighted by molar-refractivity contribution is 8.00. The third kappa shape index (κ3) is 3.70. The van der Waals surface area contributed by atoms with Crippen LogP contribution in [0.4, 0.5) is 0 Å². The molecule has 2 saturated heterocycles. The molecule has 2 aliphatic rings. The topological polar surface area (TPSA) is 52.7 Å². The van der Waals surface area contributed by atoms with E-state index in [1.54, 1.807) is 16.7 Å². The molecule has 0 bridgehead atoms. The molecular formula is C17H23N3O2S. The number of carbonyl (C=O) groups is 2. The van der Waals surface area contributed by atoms with Crippen molar-refractivity contribution in [1.82, 2.24) is 15.1 Å². The summed E-state index contributed by atoms with van der Waals surface area (Å²) in [4.78, 5) is 28.0. The van der Waals surface area contributed by atoms with Crippen molar-refractivity contribution in [3.8, 4) is 0 Å². The van der Waals surface area contributed by atoms with Crippen molar-refractivity contribution in [2.24, 2.45) is 0 Å². The van der Waals surface area contributed by atoms with Crippen LogP contribution in [0.5, 0.6) is 0 Å². The zero-order valence-electron chi connectivity index (χ0n) is 13.5. The minimum Gasteiger partial charge on any atom is -0.332 e. The Morgan fingerprint density at radius 2 is 2.13 bits per heavy atom. The van der Waals surface area contributed by atoms with Crippen LogP contribution in [-0.2, 0) is 16.0 Å². The molecule has 2 aliphatic heterocycles. The van der Waals surface area contributed by atoms with Crippen molar-refractivity contribution in [1.29, 1.82) is 0 Å². The van der Waals surface area contributed by atoms with Gasteiger partial charge in [-0.25, -0.2) is 0 Å². The van der Waals surface area contributed by atoms with E-state index in [9.17, 15) is 9.59 Å². The monoisotopic (exact) mass is 333 g/mol. The normalized spacial score (nSPS) is 21.8. The Morgan fingerprint density at radius 3 is 2.78 bits per heavy atom. The summed E-state index contributed by atoms with van der Waals surface area (Å²) in [5, 5.41) is 3.37. The van der Waals surface area contributed by atoms with E-state index in [1.165, 1.54) is 5.56 Å². The molecule has 1 N–H and O–H groups in total. The van der Waals surface area contributed by atoms with Crippen LogP contribution in [0.25, 0.3) is 0 Å². The number of nitrogens with one attached hydrogen (secondary N) is 1. The maximum absolute atomic E-state index is 12.7. The molecule has 23 heavy (non-hydrogen) atoms. The fourth-order valence-corrected chi connectivity index (χ4v) is 3.97. The molecule has 3 rings (SSSR count). The molecule has 0 aromatic heterocycles. The van der Waals surface area contributed by atoms with Gasteiger partial charge in [-0.2, -0.15) is 0 Å². The second-order valence-corrected chi connectivity index (χ2v) is 6.93. The van der Waals surface area contributed by atoms with E-state index < -0.39 is 0 Å². The first kappa shape index (κ1) is 16.3. The van der Waals surface area contributed by atoms with Crippen molar-refractivity contribution in [2.45, 2.75) is 19.4 Å². The number of aryl methyl sites for hydroxylation is 1. The van der Waals surface area contributed by atoms with Gasteiger partial charge in [-0.05, 0) is 17.5 Å². The minimum atomic E-state index is 0.0481. The molecule has 6 heteroatoms. The van der Waals surface area contributed by atoms with E-state index in [-0.39, 0.29) is 24.4 Å². The summed E-state index contributed by atoms with van der Waals surface area (Å²) in [6, 6.07) is 8.55. The summed E-state index contributed by atoms with van der Waals surface area (Å²) >= 11 is 1.57. The maximum Gasteiger partial charge on any atom is 0.242 e. The molecule has 0 radical (unpaired) electrons. The Labute approximate surface area is 141 Å². The van der Waals surface area contributed by atoms with Gasteiger partial charge < -0.3 is 15.1 Å². The summed E-state index contributed by atoms with van der Waals surface area (Å²) in [6.07, 6.45) is 1.01. The number of amides is 2. The molecule has 2 heterocycles. The first-order valence-corrected chi connectivity index (χ1v) is 9.29. The summed E-state index contributed by atoms with van der Waals surface area (Å²) < 4.78 is 0. The Hall–Kier alpha value is -1.53. The zero-order chi connectivity index (χ0) is 16.2. The lowest BCUT2D eigenvalue weighted by atomic mass is 10.0. The number of hydrogen-bond acceptors (Lipinski definition) is 4. The van der Waals surface area contributed by atoms with Gasteiger partial charge in [0.1, 0.15) is 6.54 Å². The first-order chi connectivity index (χ1) is 11.2. The third-order valence-corrected chi connectivity index (χ3v) is 5.43. The number of carbonyl (C=O) groups excluding carboxylic acids is 2. The predicted octanol–water partition coefficient (Wildman–Crippen LogP) is 1.25. The number of hydrogen-bond donors (Lipinski definition) is 1. The Balaban J connectivity index is 1.72. The van der Waals surface area contributed by atoms with Crippen LogP contribution in [0.2, 0.25) is 0 Å². The molecule has 0 spiro atoms. The van der Waals surface area contributed by atoms with Gasteiger partial charge in [0.15, 0.2) is 0 Å². The molecule has 5 nitrogen and oxygen atoms in total. The van der Waals surface area contributed by atoms with Crippen LogP contribution >= 0.6 is 11.8 Å². The number of thioether (sulfide) groups is 1. The van der Waals surface area contributed by atoms with Gasteiger partial charge in [-0.1, -0.05) is 31.2 Å². The molecule has 1 aromatic rings. The molecule has 2 fully saturated rings. The maximum atomic E-state index is 12.7. The largest absolute Gasteiger partial charge is 0.332 e. The van der Waals surface area contributed by atoms with Crippen molar-refractivity contribution in [3.63, 3.8) is 0 Å². The standard InChI is InChI=1S/C17H23N3O2S/c1-2-13-3-5-14(6-4-13)15-9-18-7-8-20(15)16(21)10-19-12-23-11-17(19)22/h3-6,15,18H,2,7-12H2,1H3. The zero-order valence-corrected chi connectivity index (χ0v) is 14.3. The third-order valence-electron chi connectivity index (χ3n) is 4.49. The van der Waals surface area contributed by atoms with Crippen molar-refractivity contribution < 1.29 is 9.59 Å². The van der Waals surface area contributed by atoms with Crippen molar-refractivity contribution >= 4 is 23.6 Å². The van der Waals surface area contributed by atoms with Crippen LogP contribution in [0.15, 0.2) is 24.3 Å². The molecule has 2 amide bonds. The average Bonchev–Trinajstić information content (AvgIpc) is 3.00. The van der Waals surface area contributed by atoms with Gasteiger partial charge >= 0.3 is 0 Å². The highest BCUT2D eigenvalue weighted by Crippen LogP contribution is 2.24. The summed E-state index contributed by atoms with van der Waals surface area (Å²) in [7, 11) is 0. The van der Waals surface area contributed by atoms with E-state index >= 15 is 0 Å².